The van der Waals surface area contributed by atoms with E-state index < -0.39 is 0 Å². The van der Waals surface area contributed by atoms with Crippen LogP contribution in [0.1, 0.15) is 35.7 Å². The molecular weight excluding hydrogens is 336 g/mol. The molecule has 0 radical (unpaired) electrons. The van der Waals surface area contributed by atoms with Crippen LogP contribution in [0.4, 0.5) is 0 Å². The highest BCUT2D eigenvalue weighted by atomic mass is 35.5. The highest BCUT2D eigenvalue weighted by Crippen LogP contribution is 2.27. The first-order valence-corrected chi connectivity index (χ1v) is 9.24. The molecule has 0 bridgehead atoms. The first kappa shape index (κ1) is 18.2. The number of benzene rings is 1. The Kier molecular flexibility index (Phi) is 5.99. The van der Waals surface area contributed by atoms with Gasteiger partial charge in [0.1, 0.15) is 10.9 Å². The molecule has 0 spiro atoms. The summed E-state index contributed by atoms with van der Waals surface area (Å²) in [5, 5.41) is 8.69. The first-order chi connectivity index (χ1) is 12.1. The molecule has 0 saturated carbocycles. The Morgan fingerprint density at radius 3 is 2.72 bits per heavy atom. The quantitative estimate of drug-likeness (QED) is 0.820. The highest BCUT2D eigenvalue weighted by molar-refractivity contribution is 6.30. The summed E-state index contributed by atoms with van der Waals surface area (Å²) in [6, 6.07) is 8.74. The number of hydrogen-bond donors (Lipinski definition) is 1. The van der Waals surface area contributed by atoms with Crippen molar-refractivity contribution >= 4 is 11.6 Å². The summed E-state index contributed by atoms with van der Waals surface area (Å²) in [5.41, 5.74) is 3.36. The van der Waals surface area contributed by atoms with E-state index in [0.29, 0.717) is 11.2 Å². The van der Waals surface area contributed by atoms with E-state index in [1.165, 1.54) is 18.4 Å². The number of rotatable bonds is 7. The van der Waals surface area contributed by atoms with Crippen molar-refractivity contribution in [1.82, 2.24) is 20.0 Å². The Bertz CT molecular complexity index is 709. The monoisotopic (exact) mass is 362 g/mol. The second-order valence-corrected chi connectivity index (χ2v) is 7.00. The van der Waals surface area contributed by atoms with Gasteiger partial charge in [-0.1, -0.05) is 23.7 Å². The van der Waals surface area contributed by atoms with Crippen LogP contribution in [0.15, 0.2) is 24.3 Å². The zero-order chi connectivity index (χ0) is 17.8. The molecule has 5 nitrogen and oxygen atoms in total. The van der Waals surface area contributed by atoms with Crippen LogP contribution in [-0.4, -0.2) is 41.4 Å². The minimum absolute atomic E-state index is 0.341. The van der Waals surface area contributed by atoms with Gasteiger partial charge in [0, 0.05) is 31.7 Å². The average molecular weight is 363 g/mol. The summed E-state index contributed by atoms with van der Waals surface area (Å²) in [5.74, 6) is 0.910. The van der Waals surface area contributed by atoms with Gasteiger partial charge in [-0.05, 0) is 50.6 Å². The van der Waals surface area contributed by atoms with E-state index in [0.717, 1.165) is 43.2 Å². The van der Waals surface area contributed by atoms with Crippen molar-refractivity contribution in [3.05, 3.63) is 46.2 Å². The third-order valence-corrected chi connectivity index (χ3v) is 5.44. The van der Waals surface area contributed by atoms with Crippen LogP contribution in [0.25, 0.3) is 0 Å². The van der Waals surface area contributed by atoms with E-state index in [2.05, 4.69) is 33.5 Å². The van der Waals surface area contributed by atoms with Crippen LogP contribution in [0.5, 0.6) is 5.75 Å². The third-order valence-electron chi connectivity index (χ3n) is 4.97. The largest absolute Gasteiger partial charge is 0.497 e. The Balaban J connectivity index is 1.71. The summed E-state index contributed by atoms with van der Waals surface area (Å²) < 4.78 is 7.14. The number of hydrogen-bond acceptors (Lipinski definition) is 4. The Morgan fingerprint density at radius 1 is 1.32 bits per heavy atom. The van der Waals surface area contributed by atoms with E-state index >= 15 is 0 Å². The molecule has 1 atom stereocenters. The van der Waals surface area contributed by atoms with Crippen molar-refractivity contribution in [3.8, 4) is 5.75 Å². The second-order valence-electron chi connectivity index (χ2n) is 6.64. The van der Waals surface area contributed by atoms with Gasteiger partial charge >= 0.3 is 0 Å². The minimum Gasteiger partial charge on any atom is -0.497 e. The molecule has 1 aliphatic heterocycles. The van der Waals surface area contributed by atoms with Crippen LogP contribution < -0.4 is 10.1 Å². The molecule has 6 heteroatoms. The molecule has 1 saturated heterocycles. The number of methoxy groups -OCH3 is 1. The van der Waals surface area contributed by atoms with Crippen LogP contribution in [0.2, 0.25) is 5.15 Å². The third kappa shape index (κ3) is 4.17. The van der Waals surface area contributed by atoms with Gasteiger partial charge in [-0.2, -0.15) is 5.10 Å². The van der Waals surface area contributed by atoms with Gasteiger partial charge in [-0.25, -0.2) is 0 Å². The SMILES string of the molecule is COc1cccc(C(CNCc2c(C)nn(C)c2Cl)N2CCCC2)c1. The zero-order valence-electron chi connectivity index (χ0n) is 15.3. The van der Waals surface area contributed by atoms with Gasteiger partial charge in [0.2, 0.25) is 0 Å². The first-order valence-electron chi connectivity index (χ1n) is 8.87. The maximum absolute atomic E-state index is 6.35. The van der Waals surface area contributed by atoms with Gasteiger partial charge < -0.3 is 10.1 Å². The fourth-order valence-electron chi connectivity index (χ4n) is 3.57. The van der Waals surface area contributed by atoms with Gasteiger partial charge in [0.15, 0.2) is 0 Å². The molecular formula is C19H27ClN4O. The van der Waals surface area contributed by atoms with Crippen LogP contribution in [0, 0.1) is 6.92 Å². The topological polar surface area (TPSA) is 42.3 Å². The van der Waals surface area contributed by atoms with Crippen LogP contribution in [-0.2, 0) is 13.6 Å². The van der Waals surface area contributed by atoms with Crippen molar-refractivity contribution in [2.24, 2.45) is 7.05 Å². The lowest BCUT2D eigenvalue weighted by Gasteiger charge is -2.28. The van der Waals surface area contributed by atoms with Crippen molar-refractivity contribution in [2.75, 3.05) is 26.7 Å². The number of nitrogens with one attached hydrogen (secondary N) is 1. The molecule has 1 aromatic heterocycles. The lowest BCUT2D eigenvalue weighted by atomic mass is 10.0. The number of ether oxygens (including phenoxy) is 1. The average Bonchev–Trinajstić information content (AvgIpc) is 3.22. The van der Waals surface area contributed by atoms with E-state index in [-0.39, 0.29) is 0 Å². The number of likely N-dealkylation sites (tertiary alicyclic amines) is 1. The Morgan fingerprint density at radius 2 is 2.08 bits per heavy atom. The fourth-order valence-corrected chi connectivity index (χ4v) is 3.81. The van der Waals surface area contributed by atoms with Crippen LogP contribution >= 0.6 is 11.6 Å². The van der Waals surface area contributed by atoms with Crippen molar-refractivity contribution in [2.45, 2.75) is 32.4 Å². The van der Waals surface area contributed by atoms with Gasteiger partial charge in [0.05, 0.1) is 12.8 Å². The predicted octanol–water partition coefficient (Wildman–Crippen LogP) is 3.32. The molecule has 1 N–H and O–H groups in total. The fraction of sp³-hybridized carbons (Fsp3) is 0.526. The molecule has 0 amide bonds. The van der Waals surface area contributed by atoms with Crippen LogP contribution in [0.3, 0.4) is 0 Å². The summed E-state index contributed by atoms with van der Waals surface area (Å²) in [4.78, 5) is 2.56. The summed E-state index contributed by atoms with van der Waals surface area (Å²) in [6.07, 6.45) is 2.54. The summed E-state index contributed by atoms with van der Waals surface area (Å²) >= 11 is 6.35. The normalized spacial score (nSPS) is 16.3. The summed E-state index contributed by atoms with van der Waals surface area (Å²) in [7, 11) is 3.59. The zero-order valence-corrected chi connectivity index (χ0v) is 16.0. The number of aromatic nitrogens is 2. The Labute approximate surface area is 154 Å². The van der Waals surface area contributed by atoms with Gasteiger partial charge in [-0.15, -0.1) is 0 Å². The van der Waals surface area contributed by atoms with E-state index in [1.54, 1.807) is 11.8 Å². The lowest BCUT2D eigenvalue weighted by molar-refractivity contribution is 0.238. The second kappa shape index (κ2) is 8.21. The molecule has 136 valence electrons. The molecule has 3 rings (SSSR count). The minimum atomic E-state index is 0.341. The maximum Gasteiger partial charge on any atom is 0.131 e. The Hall–Kier alpha value is -1.56. The van der Waals surface area contributed by atoms with E-state index in [1.807, 2.05) is 20.0 Å². The van der Waals surface area contributed by atoms with E-state index in [9.17, 15) is 0 Å². The van der Waals surface area contributed by atoms with Crippen molar-refractivity contribution in [1.29, 1.82) is 0 Å². The highest BCUT2D eigenvalue weighted by Gasteiger charge is 2.24. The van der Waals surface area contributed by atoms with Crippen molar-refractivity contribution < 1.29 is 4.74 Å². The number of aryl methyl sites for hydroxylation is 2. The predicted molar refractivity (Wildman–Crippen MR) is 101 cm³/mol. The maximum atomic E-state index is 6.35. The van der Waals surface area contributed by atoms with Gasteiger partial charge in [0.25, 0.3) is 0 Å². The number of halogens is 1. The smallest absolute Gasteiger partial charge is 0.131 e. The molecule has 2 heterocycles. The van der Waals surface area contributed by atoms with Gasteiger partial charge in [-0.3, -0.25) is 9.58 Å². The molecule has 1 unspecified atom stereocenters. The molecule has 25 heavy (non-hydrogen) atoms. The van der Waals surface area contributed by atoms with E-state index in [4.69, 9.17) is 16.3 Å². The van der Waals surface area contributed by atoms with Crippen molar-refractivity contribution in [3.63, 3.8) is 0 Å². The molecule has 1 aliphatic rings. The standard InChI is InChI=1S/C19H27ClN4O/c1-14-17(19(20)23(2)22-14)12-21-13-18(24-9-4-5-10-24)15-7-6-8-16(11-15)25-3/h6-8,11,18,21H,4-5,9-10,12-13H2,1-3H3. The summed E-state index contributed by atoms with van der Waals surface area (Å²) in [6.45, 7) is 5.90. The molecule has 1 fully saturated rings. The number of nitrogens with zero attached hydrogens (tertiary/aromatic N) is 3. The molecule has 1 aromatic carbocycles. The lowest BCUT2D eigenvalue weighted by Crippen LogP contribution is -2.34. The molecule has 0 aliphatic carbocycles. The molecule has 2 aromatic rings.